The first-order valence-corrected chi connectivity index (χ1v) is 13.6. The van der Waals surface area contributed by atoms with Crippen molar-refractivity contribution in [3.8, 4) is 0 Å². The highest BCUT2D eigenvalue weighted by atomic mass is 32.2. The van der Waals surface area contributed by atoms with Gasteiger partial charge in [-0.15, -0.1) is 0 Å². The number of hydrogen-bond acceptors (Lipinski definition) is 4. The summed E-state index contributed by atoms with van der Waals surface area (Å²) in [4.78, 5) is 28.1. The SMILES string of the molecule is CC[C@@H](C(=O)NC(C)C)N(Cc1ccc(F)cc1)C(=O)CN(c1ccc(F)cc1)S(=O)(=O)c1ccccc1. The van der Waals surface area contributed by atoms with Crippen LogP contribution in [0, 0.1) is 11.6 Å². The smallest absolute Gasteiger partial charge is 0.264 e. The van der Waals surface area contributed by atoms with E-state index in [9.17, 15) is 26.8 Å². The molecule has 0 radical (unpaired) electrons. The van der Waals surface area contributed by atoms with Crippen LogP contribution in [0.25, 0.3) is 0 Å². The second kappa shape index (κ2) is 12.6. The monoisotopic (exact) mass is 543 g/mol. The highest BCUT2D eigenvalue weighted by Crippen LogP contribution is 2.25. The lowest BCUT2D eigenvalue weighted by Gasteiger charge is -2.33. The van der Waals surface area contributed by atoms with Crippen molar-refractivity contribution >= 4 is 27.5 Å². The predicted molar refractivity (Wildman–Crippen MR) is 142 cm³/mol. The highest BCUT2D eigenvalue weighted by Gasteiger charge is 2.33. The van der Waals surface area contributed by atoms with Crippen LogP contribution in [0.5, 0.6) is 0 Å². The van der Waals surface area contributed by atoms with Crippen LogP contribution in [-0.4, -0.2) is 43.8 Å². The van der Waals surface area contributed by atoms with E-state index >= 15 is 0 Å². The van der Waals surface area contributed by atoms with E-state index in [1.54, 1.807) is 39.0 Å². The zero-order chi connectivity index (χ0) is 27.9. The lowest BCUT2D eigenvalue weighted by molar-refractivity contribution is -0.140. The standard InChI is InChI=1S/C28H31F2N3O4S/c1-4-26(28(35)31-20(2)3)32(18-21-10-12-22(29)13-11-21)27(34)19-33(24-16-14-23(30)15-17-24)38(36,37)25-8-6-5-7-9-25/h5-17,20,26H,4,18-19H2,1-3H3,(H,31,35)/t26-/m0/s1. The third-order valence-corrected chi connectivity index (χ3v) is 7.60. The summed E-state index contributed by atoms with van der Waals surface area (Å²) in [6.07, 6.45) is 0.257. The Morgan fingerprint density at radius 1 is 0.868 bits per heavy atom. The van der Waals surface area contributed by atoms with Gasteiger partial charge in [0, 0.05) is 12.6 Å². The molecule has 0 saturated carbocycles. The first kappa shape index (κ1) is 28.8. The van der Waals surface area contributed by atoms with Crippen molar-refractivity contribution < 1.29 is 26.8 Å². The molecule has 1 atom stereocenters. The van der Waals surface area contributed by atoms with Crippen molar-refractivity contribution in [3.05, 3.63) is 96.1 Å². The van der Waals surface area contributed by atoms with E-state index < -0.39 is 46.1 Å². The number of amides is 2. The van der Waals surface area contributed by atoms with E-state index in [0.717, 1.165) is 16.4 Å². The Balaban J connectivity index is 2.04. The number of benzene rings is 3. The molecule has 3 rings (SSSR count). The number of anilines is 1. The van der Waals surface area contributed by atoms with E-state index in [0.29, 0.717) is 5.56 Å². The second-order valence-corrected chi connectivity index (χ2v) is 10.9. The molecule has 7 nitrogen and oxygen atoms in total. The molecule has 2 amide bonds. The summed E-state index contributed by atoms with van der Waals surface area (Å²) >= 11 is 0. The maximum atomic E-state index is 13.8. The Bertz CT molecular complexity index is 1330. The van der Waals surface area contributed by atoms with E-state index in [1.165, 1.54) is 53.4 Å². The lowest BCUT2D eigenvalue weighted by atomic mass is 10.1. The molecule has 3 aromatic carbocycles. The van der Waals surface area contributed by atoms with E-state index in [2.05, 4.69) is 5.32 Å². The minimum absolute atomic E-state index is 0.0493. The summed E-state index contributed by atoms with van der Waals surface area (Å²) in [5.74, 6) is -2.06. The Labute approximate surface area is 222 Å². The van der Waals surface area contributed by atoms with Crippen LogP contribution < -0.4 is 9.62 Å². The normalized spacial score (nSPS) is 12.2. The van der Waals surface area contributed by atoms with Gasteiger partial charge in [-0.25, -0.2) is 17.2 Å². The summed E-state index contributed by atoms with van der Waals surface area (Å²) in [6.45, 7) is 4.63. The van der Waals surface area contributed by atoms with Gasteiger partial charge in [-0.1, -0.05) is 37.3 Å². The van der Waals surface area contributed by atoms with E-state index in [4.69, 9.17) is 0 Å². The van der Waals surface area contributed by atoms with Crippen LogP contribution in [0.4, 0.5) is 14.5 Å². The van der Waals surface area contributed by atoms with Crippen LogP contribution in [-0.2, 0) is 26.2 Å². The number of nitrogens with one attached hydrogen (secondary N) is 1. The lowest BCUT2D eigenvalue weighted by Crippen LogP contribution is -2.53. The third kappa shape index (κ3) is 7.16. The number of hydrogen-bond donors (Lipinski definition) is 1. The fourth-order valence-electron chi connectivity index (χ4n) is 3.94. The molecule has 0 aliphatic carbocycles. The number of rotatable bonds is 11. The molecular formula is C28H31F2N3O4S. The zero-order valence-electron chi connectivity index (χ0n) is 21.5. The Hall–Kier alpha value is -3.79. The molecule has 38 heavy (non-hydrogen) atoms. The van der Waals surface area contributed by atoms with Crippen molar-refractivity contribution in [2.24, 2.45) is 0 Å². The molecule has 1 N–H and O–H groups in total. The van der Waals surface area contributed by atoms with E-state index in [-0.39, 0.29) is 29.6 Å². The van der Waals surface area contributed by atoms with Gasteiger partial charge in [0.2, 0.25) is 11.8 Å². The first-order valence-electron chi connectivity index (χ1n) is 12.2. The molecule has 0 aliphatic heterocycles. The number of carbonyl (C=O) groups excluding carboxylic acids is 2. The number of carbonyl (C=O) groups is 2. The average molecular weight is 544 g/mol. The van der Waals surface area contributed by atoms with Gasteiger partial charge in [-0.2, -0.15) is 0 Å². The minimum atomic E-state index is -4.23. The predicted octanol–water partition coefficient (Wildman–Crippen LogP) is 4.49. The molecule has 10 heteroatoms. The zero-order valence-corrected chi connectivity index (χ0v) is 22.3. The van der Waals surface area contributed by atoms with Crippen molar-refractivity contribution in [2.75, 3.05) is 10.8 Å². The third-order valence-electron chi connectivity index (χ3n) is 5.81. The van der Waals surface area contributed by atoms with Gasteiger partial charge in [0.1, 0.15) is 24.2 Å². The van der Waals surface area contributed by atoms with Crippen molar-refractivity contribution in [3.63, 3.8) is 0 Å². The Morgan fingerprint density at radius 3 is 1.95 bits per heavy atom. The molecule has 202 valence electrons. The number of halogens is 2. The molecule has 0 spiro atoms. The van der Waals surface area contributed by atoms with Crippen LogP contribution in [0.3, 0.4) is 0 Å². The molecule has 0 bridgehead atoms. The minimum Gasteiger partial charge on any atom is -0.352 e. The Kier molecular flexibility index (Phi) is 9.57. The summed E-state index contributed by atoms with van der Waals surface area (Å²) < 4.78 is 55.3. The average Bonchev–Trinajstić information content (AvgIpc) is 2.89. The maximum Gasteiger partial charge on any atom is 0.264 e. The molecular weight excluding hydrogens is 512 g/mol. The fourth-order valence-corrected chi connectivity index (χ4v) is 5.38. The summed E-state index contributed by atoms with van der Waals surface area (Å²) in [6, 6.07) is 16.7. The Morgan fingerprint density at radius 2 is 1.42 bits per heavy atom. The van der Waals surface area contributed by atoms with Crippen LogP contribution in [0.1, 0.15) is 32.8 Å². The summed E-state index contributed by atoms with van der Waals surface area (Å²) in [7, 11) is -4.23. The van der Waals surface area contributed by atoms with Gasteiger partial charge in [0.05, 0.1) is 10.6 Å². The van der Waals surface area contributed by atoms with Crippen LogP contribution >= 0.6 is 0 Å². The maximum absolute atomic E-state index is 13.8. The van der Waals surface area contributed by atoms with Crippen molar-refractivity contribution in [1.29, 1.82) is 0 Å². The van der Waals surface area contributed by atoms with Crippen LogP contribution in [0.2, 0.25) is 0 Å². The topological polar surface area (TPSA) is 86.8 Å². The molecule has 0 aromatic heterocycles. The van der Waals surface area contributed by atoms with Crippen molar-refractivity contribution in [1.82, 2.24) is 10.2 Å². The number of nitrogens with zero attached hydrogens (tertiary/aromatic N) is 2. The van der Waals surface area contributed by atoms with Gasteiger partial charge in [-0.3, -0.25) is 13.9 Å². The first-order chi connectivity index (χ1) is 18.0. The second-order valence-electron chi connectivity index (χ2n) is 9.04. The van der Waals surface area contributed by atoms with Gasteiger partial charge in [-0.05, 0) is 74.4 Å². The van der Waals surface area contributed by atoms with E-state index in [1.807, 2.05) is 0 Å². The summed E-state index contributed by atoms with van der Waals surface area (Å²) in [5, 5.41) is 2.80. The summed E-state index contributed by atoms with van der Waals surface area (Å²) in [5.41, 5.74) is 0.653. The molecule has 0 fully saturated rings. The molecule has 0 aliphatic rings. The van der Waals surface area contributed by atoms with Gasteiger partial charge in [0.25, 0.3) is 10.0 Å². The van der Waals surface area contributed by atoms with Gasteiger partial charge >= 0.3 is 0 Å². The quantitative estimate of drug-likeness (QED) is 0.386. The number of sulfonamides is 1. The molecule has 0 saturated heterocycles. The molecule has 0 heterocycles. The van der Waals surface area contributed by atoms with Crippen molar-refractivity contribution in [2.45, 2.75) is 50.7 Å². The molecule has 3 aromatic rings. The molecule has 0 unspecified atom stereocenters. The largest absolute Gasteiger partial charge is 0.352 e. The van der Waals surface area contributed by atoms with Gasteiger partial charge < -0.3 is 10.2 Å². The highest BCUT2D eigenvalue weighted by molar-refractivity contribution is 7.92. The van der Waals surface area contributed by atoms with Gasteiger partial charge in [0.15, 0.2) is 0 Å². The fraction of sp³-hybridized carbons (Fsp3) is 0.286. The van der Waals surface area contributed by atoms with Crippen LogP contribution in [0.15, 0.2) is 83.8 Å².